The molecular weight excluding hydrogens is 572 g/mol. The third-order valence-electron chi connectivity index (χ3n) is 9.61. The molecule has 224 valence electrons. The van der Waals surface area contributed by atoms with Crippen LogP contribution < -0.4 is 4.90 Å². The van der Waals surface area contributed by atoms with E-state index in [2.05, 4.69) is 33.8 Å². The van der Waals surface area contributed by atoms with Crippen LogP contribution >= 0.6 is 0 Å². The molecule has 0 bridgehead atoms. The predicted molar refractivity (Wildman–Crippen MR) is 186 cm³/mol. The maximum absolute atomic E-state index is 14.5. The Balaban J connectivity index is 1.42. The molecule has 0 N–H and O–H groups in total. The minimum Gasteiger partial charge on any atom is -0.268 e. The third-order valence-corrected chi connectivity index (χ3v) is 9.61. The normalized spacial score (nSPS) is 13.4. The Morgan fingerprint density at radius 1 is 0.522 bits per heavy atom. The molecule has 1 heterocycles. The molecule has 0 fully saturated rings. The Morgan fingerprint density at radius 2 is 1.02 bits per heavy atom. The molecule has 7 aromatic rings. The summed E-state index contributed by atoms with van der Waals surface area (Å²) in [6, 6.07) is 30.5. The highest BCUT2D eigenvalue weighted by molar-refractivity contribution is 6.42. The molecule has 1 aliphatic heterocycles. The topological polar surface area (TPSA) is 80.5 Å². The molecule has 0 radical (unpaired) electrons. The summed E-state index contributed by atoms with van der Waals surface area (Å²) < 4.78 is 0. The van der Waals surface area contributed by atoms with Crippen LogP contribution in [0.15, 0.2) is 97.1 Å². The van der Waals surface area contributed by atoms with Crippen LogP contribution in [0.5, 0.6) is 0 Å². The second-order valence-corrected chi connectivity index (χ2v) is 12.8. The van der Waals surface area contributed by atoms with Crippen LogP contribution in [0.4, 0.5) is 11.4 Å². The third kappa shape index (κ3) is 3.70. The van der Waals surface area contributed by atoms with Crippen LogP contribution in [0.2, 0.25) is 0 Å². The van der Waals surface area contributed by atoms with Crippen LogP contribution in [0.3, 0.4) is 0 Å². The minimum atomic E-state index is -0.344. The van der Waals surface area contributed by atoms with Crippen LogP contribution in [-0.2, 0) is 0 Å². The molecule has 0 aliphatic carbocycles. The lowest BCUT2D eigenvalue weighted by Crippen LogP contribution is -2.41. The van der Waals surface area contributed by atoms with E-state index in [1.807, 2.05) is 72.8 Å². The van der Waals surface area contributed by atoms with Gasteiger partial charge in [0.05, 0.1) is 16.2 Å². The number of amides is 2. The van der Waals surface area contributed by atoms with Crippen LogP contribution in [0.1, 0.15) is 71.4 Å². The Morgan fingerprint density at radius 3 is 1.61 bits per heavy atom. The van der Waals surface area contributed by atoms with E-state index in [0.29, 0.717) is 27.8 Å². The number of hydrogen-bond donors (Lipinski definition) is 0. The van der Waals surface area contributed by atoms with Crippen molar-refractivity contribution in [1.29, 1.82) is 0 Å². The van der Waals surface area contributed by atoms with Crippen LogP contribution in [-0.4, -0.2) is 16.7 Å². The van der Waals surface area contributed by atoms with E-state index in [1.165, 1.54) is 11.0 Å². The first-order valence-electron chi connectivity index (χ1n) is 15.6. The van der Waals surface area contributed by atoms with Crippen molar-refractivity contribution in [2.24, 2.45) is 0 Å². The molecule has 0 atom stereocenters. The van der Waals surface area contributed by atoms with Crippen molar-refractivity contribution in [1.82, 2.24) is 0 Å². The second-order valence-electron chi connectivity index (χ2n) is 12.8. The lowest BCUT2D eigenvalue weighted by atomic mass is 9.83. The minimum absolute atomic E-state index is 0.0548. The first-order valence-corrected chi connectivity index (χ1v) is 15.6. The highest BCUT2D eigenvalue weighted by atomic mass is 16.6. The lowest BCUT2D eigenvalue weighted by Gasteiger charge is -2.32. The molecule has 0 unspecified atom stereocenters. The molecular formula is C40H30N2O4. The van der Waals surface area contributed by atoms with Crippen LogP contribution in [0, 0.1) is 10.1 Å². The van der Waals surface area contributed by atoms with E-state index < -0.39 is 0 Å². The number of nitro benzene ring substituents is 1. The summed E-state index contributed by atoms with van der Waals surface area (Å²) >= 11 is 0. The van der Waals surface area contributed by atoms with Gasteiger partial charge in [0, 0.05) is 22.6 Å². The number of benzene rings is 7. The lowest BCUT2D eigenvalue weighted by molar-refractivity contribution is -0.384. The van der Waals surface area contributed by atoms with Gasteiger partial charge in [0.1, 0.15) is 0 Å². The van der Waals surface area contributed by atoms with Gasteiger partial charge >= 0.3 is 0 Å². The molecule has 7 aromatic carbocycles. The summed E-state index contributed by atoms with van der Waals surface area (Å²) in [5.74, 6) is -0.394. The Hall–Kier alpha value is -5.62. The summed E-state index contributed by atoms with van der Waals surface area (Å²) in [5.41, 5.74) is 5.05. The number of imide groups is 1. The summed E-state index contributed by atoms with van der Waals surface area (Å²) in [6.45, 7) is 8.34. The molecule has 1 aliphatic rings. The van der Waals surface area contributed by atoms with E-state index in [-0.39, 0.29) is 34.3 Å². The first kappa shape index (κ1) is 27.9. The summed E-state index contributed by atoms with van der Waals surface area (Å²) in [6.07, 6.45) is 0. The number of carbonyl (C=O) groups excluding carboxylic acids is 2. The number of carbonyl (C=O) groups is 2. The highest BCUT2D eigenvalue weighted by Gasteiger charge is 2.38. The van der Waals surface area contributed by atoms with Gasteiger partial charge in [-0.05, 0) is 84.4 Å². The number of fused-ring (bicyclic) bond motifs is 2. The van der Waals surface area contributed by atoms with E-state index in [0.717, 1.165) is 54.4 Å². The fourth-order valence-corrected chi connectivity index (χ4v) is 7.56. The maximum atomic E-state index is 14.5. The van der Waals surface area contributed by atoms with Crippen molar-refractivity contribution in [3.63, 3.8) is 0 Å². The Bertz CT molecular complexity index is 2360. The van der Waals surface area contributed by atoms with E-state index >= 15 is 0 Å². The van der Waals surface area contributed by atoms with Gasteiger partial charge in [-0.3, -0.25) is 19.7 Å². The molecule has 2 amide bonds. The van der Waals surface area contributed by atoms with Crippen molar-refractivity contribution in [2.45, 2.75) is 39.5 Å². The van der Waals surface area contributed by atoms with Gasteiger partial charge in [0.2, 0.25) is 0 Å². The van der Waals surface area contributed by atoms with Gasteiger partial charge in [-0.25, -0.2) is 4.90 Å². The van der Waals surface area contributed by atoms with E-state index in [4.69, 9.17) is 0 Å². The largest absolute Gasteiger partial charge is 0.277 e. The smallest absolute Gasteiger partial charge is 0.268 e. The zero-order valence-corrected chi connectivity index (χ0v) is 25.9. The molecule has 0 saturated heterocycles. The number of rotatable bonds is 5. The van der Waals surface area contributed by atoms with Crippen molar-refractivity contribution < 1.29 is 14.5 Å². The van der Waals surface area contributed by atoms with Crippen molar-refractivity contribution in [3.05, 3.63) is 129 Å². The number of anilines is 1. The first-order chi connectivity index (χ1) is 22.2. The molecule has 6 nitrogen and oxygen atoms in total. The van der Waals surface area contributed by atoms with Gasteiger partial charge in [-0.15, -0.1) is 0 Å². The zero-order chi connectivity index (χ0) is 32.0. The van der Waals surface area contributed by atoms with Gasteiger partial charge in [0.25, 0.3) is 17.5 Å². The Labute approximate surface area is 265 Å². The SMILES string of the molecule is CC(C)c1cccc(C(C)C)c1N1C(=O)c2ccc3c4cccc5c(-c6ccccc6[N+](=O)[O-])ccc(c6ccc(c2c36)C1=O)c54. The zero-order valence-electron chi connectivity index (χ0n) is 25.9. The van der Waals surface area contributed by atoms with Gasteiger partial charge in [0.15, 0.2) is 0 Å². The highest BCUT2D eigenvalue weighted by Crippen LogP contribution is 2.47. The van der Waals surface area contributed by atoms with Gasteiger partial charge in [-0.2, -0.15) is 0 Å². The van der Waals surface area contributed by atoms with Crippen molar-refractivity contribution >= 4 is 66.3 Å². The number of nitrogens with zero attached hydrogens (tertiary/aromatic N) is 2. The summed E-state index contributed by atoms with van der Waals surface area (Å²) in [7, 11) is 0. The monoisotopic (exact) mass is 602 g/mol. The number of hydrogen-bond acceptors (Lipinski definition) is 4. The Kier molecular flexibility index (Phi) is 6.03. The van der Waals surface area contributed by atoms with E-state index in [1.54, 1.807) is 12.1 Å². The molecule has 46 heavy (non-hydrogen) atoms. The predicted octanol–water partition coefficient (Wildman–Crippen LogP) is 10.4. The fraction of sp³-hybridized carbons (Fsp3) is 0.150. The van der Waals surface area contributed by atoms with Crippen molar-refractivity contribution in [2.75, 3.05) is 4.90 Å². The molecule has 0 spiro atoms. The number of para-hydroxylation sites is 2. The summed E-state index contributed by atoms with van der Waals surface area (Å²) in [4.78, 5) is 41.9. The van der Waals surface area contributed by atoms with Gasteiger partial charge in [-0.1, -0.05) is 100 Å². The van der Waals surface area contributed by atoms with Crippen LogP contribution in [0.25, 0.3) is 54.2 Å². The maximum Gasteiger partial charge on any atom is 0.277 e. The average Bonchev–Trinajstić information content (AvgIpc) is 3.06. The number of nitro groups is 1. The second kappa shape index (κ2) is 9.94. The standard InChI is InChI=1S/C40H30N2O4/c1-21(2)23-10-7-11-24(22(3)4)38(23)41-39(43)32-19-17-30-28-13-8-12-27-25(26-9-5-6-14-34(26)42(45)46)15-16-29(35(27)28)31-18-20-33(40(41)44)37(32)36(30)31/h5-22H,1-4H3. The van der Waals surface area contributed by atoms with Crippen molar-refractivity contribution in [3.8, 4) is 11.1 Å². The molecule has 8 rings (SSSR count). The average molecular weight is 603 g/mol. The fourth-order valence-electron chi connectivity index (χ4n) is 7.56. The quantitative estimate of drug-likeness (QED) is 0.0645. The molecule has 0 saturated carbocycles. The molecule has 0 aromatic heterocycles. The summed E-state index contributed by atoms with van der Waals surface area (Å²) in [5, 5.41) is 19.2. The molecule has 6 heteroatoms. The van der Waals surface area contributed by atoms with E-state index in [9.17, 15) is 19.7 Å². The van der Waals surface area contributed by atoms with Gasteiger partial charge < -0.3 is 0 Å².